The van der Waals surface area contributed by atoms with Crippen LogP contribution in [0.25, 0.3) is 0 Å². The molecule has 1 atom stereocenters. The molecular formula is C11H21NO2. The Morgan fingerprint density at radius 3 is 2.93 bits per heavy atom. The van der Waals surface area contributed by atoms with Crippen molar-refractivity contribution in [2.24, 2.45) is 5.92 Å². The summed E-state index contributed by atoms with van der Waals surface area (Å²) in [5.41, 5.74) is 0. The van der Waals surface area contributed by atoms with Crippen molar-refractivity contribution in [3.63, 3.8) is 0 Å². The summed E-state index contributed by atoms with van der Waals surface area (Å²) in [6.07, 6.45) is 6.47. The number of carbonyl (C=O) groups excluding carboxylic acids is 1. The standard InChI is InChI=1S/C11H21NO2/c13-8-3-1-2-6-12-7-4-5-11(9-12)10-14/h10-11,13H,1-9H2. The molecule has 1 unspecified atom stereocenters. The minimum absolute atomic E-state index is 0.265. The number of piperidine rings is 1. The zero-order valence-corrected chi connectivity index (χ0v) is 8.82. The maximum Gasteiger partial charge on any atom is 0.124 e. The molecule has 0 aromatic heterocycles. The average molecular weight is 199 g/mol. The molecule has 0 saturated carbocycles. The Morgan fingerprint density at radius 2 is 2.21 bits per heavy atom. The Hall–Kier alpha value is -0.410. The van der Waals surface area contributed by atoms with Gasteiger partial charge in [0.05, 0.1) is 0 Å². The van der Waals surface area contributed by atoms with Gasteiger partial charge in [0.25, 0.3) is 0 Å². The summed E-state index contributed by atoms with van der Waals surface area (Å²) in [6, 6.07) is 0. The maximum atomic E-state index is 10.6. The Bertz CT molecular complexity index is 161. The Morgan fingerprint density at radius 1 is 1.36 bits per heavy atom. The van der Waals surface area contributed by atoms with E-state index in [0.717, 1.165) is 58.0 Å². The highest BCUT2D eigenvalue weighted by Crippen LogP contribution is 2.14. The van der Waals surface area contributed by atoms with Crippen LogP contribution in [-0.2, 0) is 4.79 Å². The van der Waals surface area contributed by atoms with Gasteiger partial charge in [0.2, 0.25) is 0 Å². The first-order valence-electron chi connectivity index (χ1n) is 5.65. The quantitative estimate of drug-likeness (QED) is 0.513. The van der Waals surface area contributed by atoms with Crippen molar-refractivity contribution in [3.05, 3.63) is 0 Å². The molecule has 82 valence electrons. The second-order valence-electron chi connectivity index (χ2n) is 4.12. The molecule has 1 heterocycles. The summed E-state index contributed by atoms with van der Waals surface area (Å²) in [4.78, 5) is 13.0. The number of unbranched alkanes of at least 4 members (excludes halogenated alkanes) is 2. The van der Waals surface area contributed by atoms with E-state index in [9.17, 15) is 4.79 Å². The van der Waals surface area contributed by atoms with Crippen LogP contribution in [0.3, 0.4) is 0 Å². The van der Waals surface area contributed by atoms with E-state index in [0.29, 0.717) is 6.61 Å². The number of nitrogens with zero attached hydrogens (tertiary/aromatic N) is 1. The van der Waals surface area contributed by atoms with Crippen molar-refractivity contribution in [2.45, 2.75) is 32.1 Å². The van der Waals surface area contributed by atoms with Crippen LogP contribution in [0.15, 0.2) is 0 Å². The highest BCUT2D eigenvalue weighted by Gasteiger charge is 2.18. The SMILES string of the molecule is O=CC1CCCN(CCCCCO)C1. The van der Waals surface area contributed by atoms with Gasteiger partial charge in [0, 0.05) is 19.1 Å². The Balaban J connectivity index is 2.08. The van der Waals surface area contributed by atoms with Crippen LogP contribution >= 0.6 is 0 Å². The highest BCUT2D eigenvalue weighted by molar-refractivity contribution is 5.53. The van der Waals surface area contributed by atoms with Crippen molar-refractivity contribution in [2.75, 3.05) is 26.2 Å². The van der Waals surface area contributed by atoms with Crippen LogP contribution < -0.4 is 0 Å². The summed E-state index contributed by atoms with van der Waals surface area (Å²) in [5.74, 6) is 0.265. The topological polar surface area (TPSA) is 40.5 Å². The first kappa shape index (κ1) is 11.7. The predicted molar refractivity (Wildman–Crippen MR) is 56.2 cm³/mol. The fourth-order valence-corrected chi connectivity index (χ4v) is 2.03. The fourth-order valence-electron chi connectivity index (χ4n) is 2.03. The third kappa shape index (κ3) is 4.20. The van der Waals surface area contributed by atoms with Crippen LogP contribution in [0.5, 0.6) is 0 Å². The highest BCUT2D eigenvalue weighted by atomic mass is 16.2. The van der Waals surface area contributed by atoms with E-state index in [4.69, 9.17) is 5.11 Å². The lowest BCUT2D eigenvalue weighted by atomic mass is 9.99. The molecular weight excluding hydrogens is 178 g/mol. The summed E-state index contributed by atoms with van der Waals surface area (Å²) in [7, 11) is 0. The van der Waals surface area contributed by atoms with Gasteiger partial charge >= 0.3 is 0 Å². The number of hydrogen-bond donors (Lipinski definition) is 1. The minimum Gasteiger partial charge on any atom is -0.396 e. The van der Waals surface area contributed by atoms with E-state index in [-0.39, 0.29) is 5.92 Å². The van der Waals surface area contributed by atoms with Crippen molar-refractivity contribution in [1.82, 2.24) is 4.90 Å². The molecule has 3 nitrogen and oxygen atoms in total. The lowest BCUT2D eigenvalue weighted by Gasteiger charge is -2.29. The second kappa shape index (κ2) is 6.96. The smallest absolute Gasteiger partial charge is 0.124 e. The third-order valence-corrected chi connectivity index (χ3v) is 2.87. The zero-order chi connectivity index (χ0) is 10.2. The zero-order valence-electron chi connectivity index (χ0n) is 8.82. The molecule has 0 aromatic carbocycles. The van der Waals surface area contributed by atoms with Crippen LogP contribution in [-0.4, -0.2) is 42.5 Å². The van der Waals surface area contributed by atoms with Gasteiger partial charge in [-0.05, 0) is 45.2 Å². The summed E-state index contributed by atoms with van der Waals surface area (Å²) in [6.45, 7) is 3.48. The summed E-state index contributed by atoms with van der Waals surface area (Å²) >= 11 is 0. The monoisotopic (exact) mass is 199 g/mol. The molecule has 1 rings (SSSR count). The van der Waals surface area contributed by atoms with E-state index in [2.05, 4.69) is 4.90 Å². The summed E-state index contributed by atoms with van der Waals surface area (Å²) in [5, 5.41) is 8.62. The van der Waals surface area contributed by atoms with E-state index in [1.807, 2.05) is 0 Å². The van der Waals surface area contributed by atoms with Crippen molar-refractivity contribution >= 4 is 6.29 Å². The second-order valence-corrected chi connectivity index (χ2v) is 4.12. The molecule has 0 aromatic rings. The molecule has 1 aliphatic heterocycles. The Kier molecular flexibility index (Phi) is 5.80. The van der Waals surface area contributed by atoms with Gasteiger partial charge in [-0.2, -0.15) is 0 Å². The molecule has 0 aliphatic carbocycles. The molecule has 1 fully saturated rings. The van der Waals surface area contributed by atoms with E-state index < -0.39 is 0 Å². The van der Waals surface area contributed by atoms with Crippen LogP contribution in [0.1, 0.15) is 32.1 Å². The molecule has 1 saturated heterocycles. The molecule has 0 radical (unpaired) electrons. The lowest BCUT2D eigenvalue weighted by molar-refractivity contribution is -0.112. The largest absolute Gasteiger partial charge is 0.396 e. The van der Waals surface area contributed by atoms with Gasteiger partial charge in [0.15, 0.2) is 0 Å². The number of likely N-dealkylation sites (tertiary alicyclic amines) is 1. The molecule has 3 heteroatoms. The van der Waals surface area contributed by atoms with Gasteiger partial charge < -0.3 is 14.8 Å². The van der Waals surface area contributed by atoms with Gasteiger partial charge in [-0.3, -0.25) is 0 Å². The van der Waals surface area contributed by atoms with E-state index in [1.54, 1.807) is 0 Å². The van der Waals surface area contributed by atoms with Gasteiger partial charge in [-0.1, -0.05) is 0 Å². The maximum absolute atomic E-state index is 10.6. The van der Waals surface area contributed by atoms with E-state index in [1.165, 1.54) is 0 Å². The van der Waals surface area contributed by atoms with Crippen molar-refractivity contribution in [3.8, 4) is 0 Å². The van der Waals surface area contributed by atoms with Crippen LogP contribution in [0, 0.1) is 5.92 Å². The number of aliphatic hydroxyl groups excluding tert-OH is 1. The van der Waals surface area contributed by atoms with Crippen LogP contribution in [0.2, 0.25) is 0 Å². The first-order chi connectivity index (χ1) is 6.86. The normalized spacial score (nSPS) is 23.6. The number of carbonyl (C=O) groups is 1. The van der Waals surface area contributed by atoms with Gasteiger partial charge in [-0.25, -0.2) is 0 Å². The third-order valence-electron chi connectivity index (χ3n) is 2.87. The molecule has 14 heavy (non-hydrogen) atoms. The number of hydrogen-bond acceptors (Lipinski definition) is 3. The van der Waals surface area contributed by atoms with E-state index >= 15 is 0 Å². The summed E-state index contributed by atoms with van der Waals surface area (Å²) < 4.78 is 0. The predicted octanol–water partition coefficient (Wildman–Crippen LogP) is 1.06. The molecule has 0 spiro atoms. The number of aliphatic hydroxyl groups is 1. The molecule has 0 bridgehead atoms. The number of aldehydes is 1. The van der Waals surface area contributed by atoms with Gasteiger partial charge in [0.1, 0.15) is 6.29 Å². The minimum atomic E-state index is 0.265. The molecule has 0 amide bonds. The fraction of sp³-hybridized carbons (Fsp3) is 0.909. The average Bonchev–Trinajstić information content (AvgIpc) is 2.25. The Labute approximate surface area is 86.1 Å². The molecule has 1 aliphatic rings. The lowest BCUT2D eigenvalue weighted by Crippen LogP contribution is -2.36. The first-order valence-corrected chi connectivity index (χ1v) is 5.65. The van der Waals surface area contributed by atoms with Crippen molar-refractivity contribution < 1.29 is 9.90 Å². The number of rotatable bonds is 6. The van der Waals surface area contributed by atoms with Crippen LogP contribution in [0.4, 0.5) is 0 Å². The van der Waals surface area contributed by atoms with Crippen molar-refractivity contribution in [1.29, 1.82) is 0 Å². The molecule has 1 N–H and O–H groups in total. The van der Waals surface area contributed by atoms with Gasteiger partial charge in [-0.15, -0.1) is 0 Å².